The normalized spacial score (nSPS) is 16.9. The van der Waals surface area contributed by atoms with Crippen LogP contribution >= 0.6 is 0 Å². The maximum absolute atomic E-state index is 13.0. The lowest BCUT2D eigenvalue weighted by atomic mass is 9.76. The Morgan fingerprint density at radius 2 is 1.51 bits per heavy atom. The minimum atomic E-state index is -1.60. The molecule has 3 aromatic rings. The number of alkyl carbamates (subject to hydrolysis) is 1. The Kier molecular flexibility index (Phi) is 7.71. The fourth-order valence-electron chi connectivity index (χ4n) is 5.30. The van der Waals surface area contributed by atoms with E-state index in [1.807, 2.05) is 52.0 Å². The monoisotopic (exact) mass is 565 g/mol. The van der Waals surface area contributed by atoms with Crippen LogP contribution in [0.5, 0.6) is 0 Å². The summed E-state index contributed by atoms with van der Waals surface area (Å²) in [6.07, 6.45) is -0.443. The van der Waals surface area contributed by atoms with Gasteiger partial charge in [-0.3, -0.25) is 0 Å². The lowest BCUT2D eigenvalue weighted by Crippen LogP contribution is -2.41. The first-order valence-corrected chi connectivity index (χ1v) is 17.9. The van der Waals surface area contributed by atoms with Crippen molar-refractivity contribution < 1.29 is 18.8 Å². The van der Waals surface area contributed by atoms with Gasteiger partial charge in [-0.15, -0.1) is 5.54 Å². The summed E-state index contributed by atoms with van der Waals surface area (Å²) < 4.78 is 18.5. The van der Waals surface area contributed by atoms with E-state index in [4.69, 9.17) is 14.0 Å². The SMILES string of the molecule is Cc1c(C#C[Si](C)(C)C)cc(B2OC(C)(C)C(C)(C)O2)cc1CNC(=O)OCC1c2ccccc2-c2ccccc21. The van der Waals surface area contributed by atoms with Gasteiger partial charge in [-0.1, -0.05) is 80.2 Å². The molecule has 0 unspecified atom stereocenters. The standard InChI is InChI=1S/C34H40BNO4Si/c1-23-24(17-18-41(6,7)8)19-26(35-39-33(2,3)34(4,5)40-35)20-25(23)21-36-32(37)38-22-31-29-15-11-9-13-27(29)28-14-10-12-16-30(28)31/h9-16,19-20,31H,21-22H2,1-8H3,(H,36,37). The van der Waals surface area contributed by atoms with E-state index in [1.165, 1.54) is 22.3 Å². The summed E-state index contributed by atoms with van der Waals surface area (Å²) in [6, 6.07) is 20.8. The molecule has 0 aromatic heterocycles. The highest BCUT2D eigenvalue weighted by molar-refractivity contribution is 6.83. The number of ether oxygens (including phenoxy) is 1. The Morgan fingerprint density at radius 3 is 2.07 bits per heavy atom. The van der Waals surface area contributed by atoms with Gasteiger partial charge in [0.05, 0.1) is 11.2 Å². The number of hydrogen-bond acceptors (Lipinski definition) is 4. The van der Waals surface area contributed by atoms with Gasteiger partial charge in [-0.05, 0) is 79.5 Å². The van der Waals surface area contributed by atoms with Gasteiger partial charge in [0.15, 0.2) is 0 Å². The molecule has 7 heteroatoms. The van der Waals surface area contributed by atoms with Crippen molar-refractivity contribution in [3.05, 3.63) is 88.5 Å². The summed E-state index contributed by atoms with van der Waals surface area (Å²) in [7, 11) is -2.11. The fraction of sp³-hybridized carbons (Fsp3) is 0.382. The number of hydrogen-bond donors (Lipinski definition) is 1. The number of benzene rings is 3. The highest BCUT2D eigenvalue weighted by Crippen LogP contribution is 2.44. The van der Waals surface area contributed by atoms with Crippen molar-refractivity contribution in [2.45, 2.75) is 77.9 Å². The van der Waals surface area contributed by atoms with Crippen LogP contribution in [0.4, 0.5) is 4.79 Å². The van der Waals surface area contributed by atoms with Crippen LogP contribution in [0.2, 0.25) is 19.6 Å². The van der Waals surface area contributed by atoms with E-state index < -0.39 is 32.5 Å². The van der Waals surface area contributed by atoms with Gasteiger partial charge in [0, 0.05) is 18.0 Å². The quantitative estimate of drug-likeness (QED) is 0.281. The zero-order valence-corrected chi connectivity index (χ0v) is 26.5. The molecule has 1 aliphatic carbocycles. The van der Waals surface area contributed by atoms with Crippen LogP contribution in [-0.4, -0.2) is 39.1 Å². The number of fused-ring (bicyclic) bond motifs is 3. The average molecular weight is 566 g/mol. The summed E-state index contributed by atoms with van der Waals surface area (Å²) in [5, 5.41) is 2.98. The summed E-state index contributed by atoms with van der Waals surface area (Å²) in [6.45, 7) is 17.5. The molecule has 0 spiro atoms. The third-order valence-corrected chi connectivity index (χ3v) is 9.28. The second-order valence-corrected chi connectivity index (χ2v) is 17.9. The van der Waals surface area contributed by atoms with Crippen molar-refractivity contribution in [3.63, 3.8) is 0 Å². The molecule has 212 valence electrons. The molecule has 5 rings (SSSR count). The van der Waals surface area contributed by atoms with Crippen molar-refractivity contribution in [1.82, 2.24) is 5.32 Å². The molecule has 41 heavy (non-hydrogen) atoms. The van der Waals surface area contributed by atoms with E-state index in [-0.39, 0.29) is 12.5 Å². The van der Waals surface area contributed by atoms with Crippen LogP contribution < -0.4 is 10.8 Å². The zero-order valence-electron chi connectivity index (χ0n) is 25.5. The maximum Gasteiger partial charge on any atom is 0.494 e. The third-order valence-electron chi connectivity index (χ3n) is 8.40. The summed E-state index contributed by atoms with van der Waals surface area (Å²) in [5.41, 5.74) is 11.2. The molecular formula is C34H40BNO4Si. The van der Waals surface area contributed by atoms with Gasteiger partial charge in [0.2, 0.25) is 0 Å². The molecule has 1 amide bonds. The predicted molar refractivity (Wildman–Crippen MR) is 169 cm³/mol. The molecule has 1 saturated heterocycles. The zero-order chi connectivity index (χ0) is 29.6. The van der Waals surface area contributed by atoms with Gasteiger partial charge in [0.1, 0.15) is 14.7 Å². The van der Waals surface area contributed by atoms with Crippen LogP contribution in [-0.2, 0) is 20.6 Å². The van der Waals surface area contributed by atoms with Gasteiger partial charge in [-0.2, -0.15) is 0 Å². The number of carbonyl (C=O) groups is 1. The van der Waals surface area contributed by atoms with E-state index in [9.17, 15) is 4.79 Å². The van der Waals surface area contributed by atoms with E-state index in [0.717, 1.165) is 22.2 Å². The molecule has 0 bridgehead atoms. The number of nitrogens with one attached hydrogen (secondary N) is 1. The van der Waals surface area contributed by atoms with E-state index >= 15 is 0 Å². The Hall–Kier alpha value is -3.31. The molecule has 1 N–H and O–H groups in total. The van der Waals surface area contributed by atoms with Crippen molar-refractivity contribution in [2.24, 2.45) is 0 Å². The highest BCUT2D eigenvalue weighted by Gasteiger charge is 2.51. The van der Waals surface area contributed by atoms with Gasteiger partial charge in [-0.25, -0.2) is 4.79 Å². The Morgan fingerprint density at radius 1 is 0.951 bits per heavy atom. The van der Waals surface area contributed by atoms with Crippen molar-refractivity contribution >= 4 is 26.7 Å². The van der Waals surface area contributed by atoms with Gasteiger partial charge < -0.3 is 19.4 Å². The highest BCUT2D eigenvalue weighted by atomic mass is 28.3. The summed E-state index contributed by atoms with van der Waals surface area (Å²) in [5.74, 6) is 3.44. The fourth-order valence-corrected chi connectivity index (χ4v) is 5.81. The first-order chi connectivity index (χ1) is 19.3. The first kappa shape index (κ1) is 29.2. The van der Waals surface area contributed by atoms with E-state index in [2.05, 4.69) is 79.7 Å². The summed E-state index contributed by atoms with van der Waals surface area (Å²) >= 11 is 0. The molecular weight excluding hydrogens is 525 g/mol. The van der Waals surface area contributed by atoms with Crippen LogP contribution in [0.1, 0.15) is 61.4 Å². The largest absolute Gasteiger partial charge is 0.494 e. The van der Waals surface area contributed by atoms with Crippen molar-refractivity contribution in [2.75, 3.05) is 6.61 Å². The van der Waals surface area contributed by atoms with E-state index in [1.54, 1.807) is 0 Å². The molecule has 3 aromatic carbocycles. The Balaban J connectivity index is 1.34. The van der Waals surface area contributed by atoms with Gasteiger partial charge in [0.25, 0.3) is 0 Å². The molecule has 0 atom stereocenters. The maximum atomic E-state index is 13.0. The van der Waals surface area contributed by atoms with Crippen LogP contribution in [0.25, 0.3) is 11.1 Å². The van der Waals surface area contributed by atoms with Crippen LogP contribution in [0.15, 0.2) is 60.7 Å². The predicted octanol–water partition coefficient (Wildman–Crippen LogP) is 6.56. The molecule has 1 aliphatic heterocycles. The molecule has 0 saturated carbocycles. The topological polar surface area (TPSA) is 56.8 Å². The lowest BCUT2D eigenvalue weighted by molar-refractivity contribution is 0.00578. The van der Waals surface area contributed by atoms with E-state index in [0.29, 0.717) is 6.54 Å². The number of amides is 1. The number of carbonyl (C=O) groups excluding carboxylic acids is 1. The van der Waals surface area contributed by atoms with Crippen LogP contribution in [0.3, 0.4) is 0 Å². The Labute approximate surface area is 246 Å². The second-order valence-electron chi connectivity index (χ2n) is 13.1. The molecule has 0 radical (unpaired) electrons. The Bertz CT molecular complexity index is 1480. The molecule has 2 aliphatic rings. The lowest BCUT2D eigenvalue weighted by Gasteiger charge is -2.32. The number of rotatable bonds is 5. The molecule has 1 fully saturated rings. The third kappa shape index (κ3) is 6.01. The molecule has 5 nitrogen and oxygen atoms in total. The average Bonchev–Trinajstić information content (AvgIpc) is 3.34. The summed E-state index contributed by atoms with van der Waals surface area (Å²) in [4.78, 5) is 13.0. The van der Waals surface area contributed by atoms with Crippen molar-refractivity contribution in [1.29, 1.82) is 0 Å². The smallest absolute Gasteiger partial charge is 0.449 e. The minimum absolute atomic E-state index is 0.0185. The van der Waals surface area contributed by atoms with Gasteiger partial charge >= 0.3 is 13.2 Å². The second kappa shape index (κ2) is 10.8. The molecule has 1 heterocycles. The van der Waals surface area contributed by atoms with Crippen molar-refractivity contribution in [3.8, 4) is 22.6 Å². The van der Waals surface area contributed by atoms with Crippen LogP contribution in [0, 0.1) is 18.4 Å². The first-order valence-electron chi connectivity index (χ1n) is 14.4. The minimum Gasteiger partial charge on any atom is -0.449 e.